The quantitative estimate of drug-likeness (QED) is 0.887. The summed E-state index contributed by atoms with van der Waals surface area (Å²) >= 11 is 0. The fourth-order valence-electron chi connectivity index (χ4n) is 1.36. The van der Waals surface area contributed by atoms with Crippen LogP contribution in [0.25, 0.3) is 0 Å². The van der Waals surface area contributed by atoms with Crippen LogP contribution in [0.4, 0.5) is 23.7 Å². The van der Waals surface area contributed by atoms with Crippen LogP contribution in [0.1, 0.15) is 18.9 Å². The molecule has 7 heteroatoms. The van der Waals surface area contributed by atoms with E-state index in [2.05, 4.69) is 10.6 Å². The summed E-state index contributed by atoms with van der Waals surface area (Å²) in [5, 5.41) is 4.41. The zero-order valence-electron chi connectivity index (χ0n) is 10.2. The molecule has 0 aliphatic carbocycles. The van der Waals surface area contributed by atoms with Gasteiger partial charge in [-0.25, -0.2) is 4.79 Å². The number of benzene rings is 1. The van der Waals surface area contributed by atoms with Crippen LogP contribution >= 0.6 is 0 Å². The standard InChI is InChI=1S/C12H13F3N2O2/c1-8(18)6-7-16-11(19)17-10-5-3-2-4-9(10)12(13,14)15/h2-5H,6-7H2,1H3,(H2,16,17,19). The Kier molecular flexibility index (Phi) is 4.91. The summed E-state index contributed by atoms with van der Waals surface area (Å²) < 4.78 is 37.9. The summed E-state index contributed by atoms with van der Waals surface area (Å²) in [6, 6.07) is 3.89. The van der Waals surface area contributed by atoms with Gasteiger partial charge >= 0.3 is 12.2 Å². The van der Waals surface area contributed by atoms with Crippen LogP contribution in [0, 0.1) is 0 Å². The van der Waals surface area contributed by atoms with E-state index >= 15 is 0 Å². The SMILES string of the molecule is CC(=O)CCNC(=O)Nc1ccccc1C(F)(F)F. The summed E-state index contributed by atoms with van der Waals surface area (Å²) in [4.78, 5) is 22.0. The van der Waals surface area contributed by atoms with Crippen molar-refractivity contribution >= 4 is 17.5 Å². The first-order valence-electron chi connectivity index (χ1n) is 5.51. The van der Waals surface area contributed by atoms with Gasteiger partial charge in [0.25, 0.3) is 0 Å². The molecule has 4 nitrogen and oxygen atoms in total. The molecule has 0 aliphatic rings. The van der Waals surface area contributed by atoms with E-state index in [9.17, 15) is 22.8 Å². The summed E-state index contributed by atoms with van der Waals surface area (Å²) in [5.41, 5.74) is -1.24. The number of nitrogens with one attached hydrogen (secondary N) is 2. The Morgan fingerprint density at radius 3 is 2.42 bits per heavy atom. The average molecular weight is 274 g/mol. The molecule has 1 rings (SSSR count). The molecule has 0 unspecified atom stereocenters. The van der Waals surface area contributed by atoms with Gasteiger partial charge in [-0.3, -0.25) is 4.79 Å². The van der Waals surface area contributed by atoms with Gasteiger partial charge in [-0.15, -0.1) is 0 Å². The first-order valence-corrected chi connectivity index (χ1v) is 5.51. The molecular formula is C12H13F3N2O2. The second kappa shape index (κ2) is 6.21. The predicted molar refractivity (Wildman–Crippen MR) is 63.8 cm³/mol. The number of alkyl halides is 3. The van der Waals surface area contributed by atoms with Crippen molar-refractivity contribution in [1.29, 1.82) is 0 Å². The number of halogens is 3. The van der Waals surface area contributed by atoms with E-state index in [1.54, 1.807) is 0 Å². The Bertz CT molecular complexity index is 472. The van der Waals surface area contributed by atoms with E-state index in [-0.39, 0.29) is 24.4 Å². The highest BCUT2D eigenvalue weighted by Gasteiger charge is 2.33. The molecule has 0 aliphatic heterocycles. The molecule has 0 fully saturated rings. The van der Waals surface area contributed by atoms with Gasteiger partial charge in [0.15, 0.2) is 0 Å². The second-order valence-electron chi connectivity index (χ2n) is 3.88. The molecule has 1 aromatic rings. The van der Waals surface area contributed by atoms with Crippen LogP contribution in [0.2, 0.25) is 0 Å². The minimum absolute atomic E-state index is 0.0787. The van der Waals surface area contributed by atoms with Crippen LogP contribution in [-0.4, -0.2) is 18.4 Å². The Morgan fingerprint density at radius 1 is 1.21 bits per heavy atom. The molecule has 2 amide bonds. The molecule has 0 aromatic heterocycles. The molecule has 0 heterocycles. The molecule has 2 N–H and O–H groups in total. The van der Waals surface area contributed by atoms with Gasteiger partial charge < -0.3 is 10.6 Å². The number of Topliss-reactive ketones (excluding diaryl/α,β-unsaturated/α-hetero) is 1. The third-order valence-corrected chi connectivity index (χ3v) is 2.24. The van der Waals surface area contributed by atoms with Crippen molar-refractivity contribution in [3.63, 3.8) is 0 Å². The Morgan fingerprint density at radius 2 is 1.84 bits per heavy atom. The zero-order valence-corrected chi connectivity index (χ0v) is 10.2. The number of urea groups is 1. The molecule has 0 saturated carbocycles. The Labute approximate surface area is 108 Å². The van der Waals surface area contributed by atoms with Crippen molar-refractivity contribution in [2.24, 2.45) is 0 Å². The van der Waals surface area contributed by atoms with Crippen molar-refractivity contribution in [3.8, 4) is 0 Å². The van der Waals surface area contributed by atoms with Crippen LogP contribution in [0.3, 0.4) is 0 Å². The maximum atomic E-state index is 12.6. The first kappa shape index (κ1) is 15.0. The highest BCUT2D eigenvalue weighted by Crippen LogP contribution is 2.34. The molecule has 0 bridgehead atoms. The number of para-hydroxylation sites is 1. The topological polar surface area (TPSA) is 58.2 Å². The van der Waals surface area contributed by atoms with E-state index < -0.39 is 17.8 Å². The molecule has 0 atom stereocenters. The maximum absolute atomic E-state index is 12.6. The average Bonchev–Trinajstić information content (AvgIpc) is 2.27. The summed E-state index contributed by atoms with van der Waals surface area (Å²) in [7, 11) is 0. The molecule has 0 radical (unpaired) electrons. The van der Waals surface area contributed by atoms with Crippen LogP contribution in [0.5, 0.6) is 0 Å². The van der Waals surface area contributed by atoms with E-state index in [0.29, 0.717) is 0 Å². The van der Waals surface area contributed by atoms with Crippen molar-refractivity contribution in [2.75, 3.05) is 11.9 Å². The lowest BCUT2D eigenvalue weighted by Gasteiger charge is -2.13. The van der Waals surface area contributed by atoms with Crippen molar-refractivity contribution < 1.29 is 22.8 Å². The third kappa shape index (κ3) is 4.99. The zero-order chi connectivity index (χ0) is 14.5. The number of carbonyl (C=O) groups is 2. The van der Waals surface area contributed by atoms with Gasteiger partial charge in [0.1, 0.15) is 5.78 Å². The maximum Gasteiger partial charge on any atom is 0.418 e. The van der Waals surface area contributed by atoms with Gasteiger partial charge in [-0.1, -0.05) is 12.1 Å². The number of anilines is 1. The van der Waals surface area contributed by atoms with E-state index in [4.69, 9.17) is 0 Å². The van der Waals surface area contributed by atoms with Crippen LogP contribution in [0.15, 0.2) is 24.3 Å². The number of hydrogen-bond acceptors (Lipinski definition) is 2. The summed E-state index contributed by atoms with van der Waals surface area (Å²) in [5.74, 6) is -0.115. The largest absolute Gasteiger partial charge is 0.418 e. The van der Waals surface area contributed by atoms with Gasteiger partial charge in [-0.05, 0) is 19.1 Å². The van der Waals surface area contributed by atoms with Crippen molar-refractivity contribution in [2.45, 2.75) is 19.5 Å². The molecule has 0 saturated heterocycles. The summed E-state index contributed by atoms with van der Waals surface area (Å²) in [6.45, 7) is 1.44. The molecule has 1 aromatic carbocycles. The van der Waals surface area contributed by atoms with Crippen LogP contribution < -0.4 is 10.6 Å². The number of amides is 2. The smallest absolute Gasteiger partial charge is 0.337 e. The van der Waals surface area contributed by atoms with E-state index in [1.807, 2.05) is 0 Å². The van der Waals surface area contributed by atoms with Gasteiger partial charge in [-0.2, -0.15) is 13.2 Å². The minimum Gasteiger partial charge on any atom is -0.337 e. The number of carbonyl (C=O) groups excluding carboxylic acids is 2. The number of hydrogen-bond donors (Lipinski definition) is 2. The Balaban J connectivity index is 2.67. The first-order chi connectivity index (χ1) is 8.80. The van der Waals surface area contributed by atoms with Gasteiger partial charge in [0.05, 0.1) is 11.3 Å². The third-order valence-electron chi connectivity index (χ3n) is 2.24. The lowest BCUT2D eigenvalue weighted by atomic mass is 10.1. The Hall–Kier alpha value is -2.05. The molecule has 104 valence electrons. The molecule has 0 spiro atoms. The number of ketones is 1. The fourth-order valence-corrected chi connectivity index (χ4v) is 1.36. The van der Waals surface area contributed by atoms with E-state index in [1.165, 1.54) is 19.1 Å². The second-order valence-corrected chi connectivity index (χ2v) is 3.88. The van der Waals surface area contributed by atoms with Crippen molar-refractivity contribution in [1.82, 2.24) is 5.32 Å². The monoisotopic (exact) mass is 274 g/mol. The highest BCUT2D eigenvalue weighted by molar-refractivity contribution is 5.90. The molecule has 19 heavy (non-hydrogen) atoms. The predicted octanol–water partition coefficient (Wildman–Crippen LogP) is 2.81. The fraction of sp³-hybridized carbons (Fsp3) is 0.333. The van der Waals surface area contributed by atoms with Crippen molar-refractivity contribution in [3.05, 3.63) is 29.8 Å². The summed E-state index contributed by atoms with van der Waals surface area (Å²) in [6.07, 6.45) is -4.41. The van der Waals surface area contributed by atoms with Gasteiger partial charge in [0.2, 0.25) is 0 Å². The molecular weight excluding hydrogens is 261 g/mol. The number of rotatable bonds is 4. The van der Waals surface area contributed by atoms with Gasteiger partial charge in [0, 0.05) is 13.0 Å². The minimum atomic E-state index is -4.54. The lowest BCUT2D eigenvalue weighted by Crippen LogP contribution is -2.31. The lowest BCUT2D eigenvalue weighted by molar-refractivity contribution is -0.136. The van der Waals surface area contributed by atoms with Crippen LogP contribution in [-0.2, 0) is 11.0 Å². The highest BCUT2D eigenvalue weighted by atomic mass is 19.4. The van der Waals surface area contributed by atoms with E-state index in [0.717, 1.165) is 12.1 Å². The normalized spacial score (nSPS) is 10.9.